The van der Waals surface area contributed by atoms with E-state index in [1.165, 1.54) is 11.1 Å². The minimum absolute atomic E-state index is 0.349. The zero-order chi connectivity index (χ0) is 20.6. The Bertz CT molecular complexity index is 541. The van der Waals surface area contributed by atoms with E-state index in [0.717, 1.165) is 45.9 Å². The third-order valence-electron chi connectivity index (χ3n) is 4.76. The summed E-state index contributed by atoms with van der Waals surface area (Å²) in [4.78, 5) is 5.13. The molecule has 0 amide bonds. The SMILES string of the molecule is CC.CC.CCOCCN1CCN(C(c2ccccc2)c2ccccc2)CC1. The van der Waals surface area contributed by atoms with Crippen molar-refractivity contribution in [2.24, 2.45) is 0 Å². The van der Waals surface area contributed by atoms with E-state index < -0.39 is 0 Å². The number of piperazine rings is 1. The predicted octanol–water partition coefficient (Wildman–Crippen LogP) is 5.48. The summed E-state index contributed by atoms with van der Waals surface area (Å²) in [5.41, 5.74) is 2.76. The number of ether oxygens (including phenoxy) is 1. The molecule has 1 aliphatic heterocycles. The predicted molar refractivity (Wildman–Crippen MR) is 122 cm³/mol. The van der Waals surface area contributed by atoms with Gasteiger partial charge in [-0.15, -0.1) is 0 Å². The van der Waals surface area contributed by atoms with Gasteiger partial charge in [0.15, 0.2) is 0 Å². The van der Waals surface area contributed by atoms with Crippen molar-refractivity contribution in [1.29, 1.82) is 0 Å². The smallest absolute Gasteiger partial charge is 0.0602 e. The second-order valence-corrected chi connectivity index (χ2v) is 6.30. The minimum atomic E-state index is 0.349. The van der Waals surface area contributed by atoms with Gasteiger partial charge in [0.2, 0.25) is 0 Å². The van der Waals surface area contributed by atoms with Crippen LogP contribution in [0.3, 0.4) is 0 Å². The Morgan fingerprint density at radius 1 is 0.750 bits per heavy atom. The van der Waals surface area contributed by atoms with Crippen LogP contribution in [0.1, 0.15) is 51.8 Å². The first kappa shape index (κ1) is 24.4. The van der Waals surface area contributed by atoms with Crippen molar-refractivity contribution < 1.29 is 4.74 Å². The highest BCUT2D eigenvalue weighted by Crippen LogP contribution is 2.29. The second-order valence-electron chi connectivity index (χ2n) is 6.30. The fourth-order valence-corrected chi connectivity index (χ4v) is 3.47. The van der Waals surface area contributed by atoms with Crippen molar-refractivity contribution in [2.75, 3.05) is 45.9 Å². The lowest BCUT2D eigenvalue weighted by atomic mass is 9.96. The summed E-state index contributed by atoms with van der Waals surface area (Å²) in [6.07, 6.45) is 0. The average molecular weight is 385 g/mol. The Morgan fingerprint density at radius 2 is 1.21 bits per heavy atom. The third-order valence-corrected chi connectivity index (χ3v) is 4.76. The summed E-state index contributed by atoms with van der Waals surface area (Å²) >= 11 is 0. The van der Waals surface area contributed by atoms with Gasteiger partial charge in [0, 0.05) is 39.3 Å². The summed E-state index contributed by atoms with van der Waals surface area (Å²) in [5, 5.41) is 0. The molecule has 0 spiro atoms. The maximum atomic E-state index is 5.49. The van der Waals surface area contributed by atoms with Crippen LogP contribution in [-0.4, -0.2) is 55.7 Å². The zero-order valence-electron chi connectivity index (χ0n) is 18.6. The number of hydrogen-bond acceptors (Lipinski definition) is 3. The maximum absolute atomic E-state index is 5.49. The molecule has 1 heterocycles. The van der Waals surface area contributed by atoms with Gasteiger partial charge in [0.05, 0.1) is 12.6 Å². The fraction of sp³-hybridized carbons (Fsp3) is 0.520. The summed E-state index contributed by atoms with van der Waals surface area (Å²) in [7, 11) is 0. The molecule has 0 atom stereocenters. The molecular formula is C25H40N2O. The van der Waals surface area contributed by atoms with Gasteiger partial charge in [-0.05, 0) is 18.1 Å². The molecule has 0 saturated carbocycles. The zero-order valence-corrected chi connectivity index (χ0v) is 18.6. The molecule has 2 aromatic rings. The number of hydrogen-bond donors (Lipinski definition) is 0. The van der Waals surface area contributed by atoms with E-state index in [1.807, 2.05) is 27.7 Å². The average Bonchev–Trinajstić information content (AvgIpc) is 2.79. The van der Waals surface area contributed by atoms with E-state index >= 15 is 0 Å². The lowest BCUT2D eigenvalue weighted by molar-refractivity contribution is 0.0709. The van der Waals surface area contributed by atoms with Crippen LogP contribution in [0.5, 0.6) is 0 Å². The van der Waals surface area contributed by atoms with Crippen LogP contribution in [0.2, 0.25) is 0 Å². The van der Waals surface area contributed by atoms with Gasteiger partial charge in [0.25, 0.3) is 0 Å². The molecule has 1 saturated heterocycles. The highest BCUT2D eigenvalue weighted by Gasteiger charge is 2.25. The molecule has 0 radical (unpaired) electrons. The van der Waals surface area contributed by atoms with Gasteiger partial charge in [-0.2, -0.15) is 0 Å². The lowest BCUT2D eigenvalue weighted by Gasteiger charge is -2.39. The molecular weight excluding hydrogens is 344 g/mol. The monoisotopic (exact) mass is 384 g/mol. The second kappa shape index (κ2) is 15.3. The molecule has 0 aromatic heterocycles. The van der Waals surface area contributed by atoms with Crippen molar-refractivity contribution in [1.82, 2.24) is 9.80 Å². The van der Waals surface area contributed by atoms with Crippen LogP contribution >= 0.6 is 0 Å². The first-order chi connectivity index (χ1) is 13.9. The summed E-state index contributed by atoms with van der Waals surface area (Å²) in [6, 6.07) is 22.1. The number of benzene rings is 2. The molecule has 3 nitrogen and oxygen atoms in total. The van der Waals surface area contributed by atoms with E-state index in [1.54, 1.807) is 0 Å². The lowest BCUT2D eigenvalue weighted by Crippen LogP contribution is -2.48. The molecule has 0 bridgehead atoms. The topological polar surface area (TPSA) is 15.7 Å². The van der Waals surface area contributed by atoms with Crippen LogP contribution in [0.15, 0.2) is 60.7 Å². The van der Waals surface area contributed by atoms with Crippen LogP contribution < -0.4 is 0 Å². The van der Waals surface area contributed by atoms with Crippen LogP contribution in [-0.2, 0) is 4.74 Å². The van der Waals surface area contributed by atoms with E-state index in [2.05, 4.69) is 77.4 Å². The Balaban J connectivity index is 0.000000921. The van der Waals surface area contributed by atoms with Gasteiger partial charge in [-0.25, -0.2) is 0 Å². The number of rotatable bonds is 7. The highest BCUT2D eigenvalue weighted by atomic mass is 16.5. The van der Waals surface area contributed by atoms with Gasteiger partial charge in [-0.1, -0.05) is 88.4 Å². The van der Waals surface area contributed by atoms with Crippen molar-refractivity contribution >= 4 is 0 Å². The highest BCUT2D eigenvalue weighted by molar-refractivity contribution is 5.31. The van der Waals surface area contributed by atoms with Crippen LogP contribution in [0.4, 0.5) is 0 Å². The van der Waals surface area contributed by atoms with Crippen molar-refractivity contribution in [3.8, 4) is 0 Å². The molecule has 3 rings (SSSR count). The van der Waals surface area contributed by atoms with Gasteiger partial charge in [0.1, 0.15) is 0 Å². The summed E-state index contributed by atoms with van der Waals surface area (Å²) in [5.74, 6) is 0. The standard InChI is InChI=1S/C21H28N2O.2C2H6/c1-2-24-18-17-22-13-15-23(16-14-22)21(19-9-5-3-6-10-19)20-11-7-4-8-12-20;2*1-2/h3-12,21H,2,13-18H2,1H3;2*1-2H3. The van der Waals surface area contributed by atoms with Crippen molar-refractivity contribution in [2.45, 2.75) is 40.7 Å². The molecule has 156 valence electrons. The molecule has 0 unspecified atom stereocenters. The normalized spacial score (nSPS) is 14.6. The Kier molecular flexibility index (Phi) is 13.3. The molecule has 2 aromatic carbocycles. The molecule has 28 heavy (non-hydrogen) atoms. The summed E-state index contributed by atoms with van der Waals surface area (Å²) in [6.45, 7) is 17.2. The van der Waals surface area contributed by atoms with E-state index in [9.17, 15) is 0 Å². The van der Waals surface area contributed by atoms with Gasteiger partial charge >= 0.3 is 0 Å². The Morgan fingerprint density at radius 3 is 1.64 bits per heavy atom. The van der Waals surface area contributed by atoms with Crippen LogP contribution in [0, 0.1) is 0 Å². The number of nitrogens with zero attached hydrogens (tertiary/aromatic N) is 2. The third kappa shape index (κ3) is 7.75. The van der Waals surface area contributed by atoms with Gasteiger partial charge < -0.3 is 4.74 Å². The van der Waals surface area contributed by atoms with Crippen LogP contribution in [0.25, 0.3) is 0 Å². The van der Waals surface area contributed by atoms with Gasteiger partial charge in [-0.3, -0.25) is 9.80 Å². The molecule has 0 N–H and O–H groups in total. The fourth-order valence-electron chi connectivity index (χ4n) is 3.47. The summed E-state index contributed by atoms with van der Waals surface area (Å²) < 4.78 is 5.49. The molecule has 1 fully saturated rings. The van der Waals surface area contributed by atoms with E-state index in [4.69, 9.17) is 4.74 Å². The Labute approximate surface area is 173 Å². The van der Waals surface area contributed by atoms with Crippen molar-refractivity contribution in [3.05, 3.63) is 71.8 Å². The minimum Gasteiger partial charge on any atom is -0.380 e. The maximum Gasteiger partial charge on any atom is 0.0602 e. The van der Waals surface area contributed by atoms with Crippen molar-refractivity contribution in [3.63, 3.8) is 0 Å². The first-order valence-corrected chi connectivity index (χ1v) is 11.0. The largest absolute Gasteiger partial charge is 0.380 e. The van der Waals surface area contributed by atoms with E-state index in [0.29, 0.717) is 6.04 Å². The Hall–Kier alpha value is -1.68. The van der Waals surface area contributed by atoms with E-state index in [-0.39, 0.29) is 0 Å². The quantitative estimate of drug-likeness (QED) is 0.588. The molecule has 3 heteroatoms. The first-order valence-electron chi connectivity index (χ1n) is 11.0. The molecule has 1 aliphatic rings. The molecule has 0 aliphatic carbocycles.